The van der Waals surface area contributed by atoms with Gasteiger partial charge in [-0.15, -0.1) is 0 Å². The molecule has 2 N–H and O–H groups in total. The van der Waals surface area contributed by atoms with Crippen LogP contribution in [-0.4, -0.2) is 69.1 Å². The maximum atomic E-state index is 13.9. The van der Waals surface area contributed by atoms with E-state index >= 15 is 0 Å². The number of aromatic nitrogens is 2. The van der Waals surface area contributed by atoms with Crippen molar-refractivity contribution in [3.8, 4) is 5.75 Å². The Morgan fingerprint density at radius 3 is 2.41 bits per heavy atom. The summed E-state index contributed by atoms with van der Waals surface area (Å²) >= 11 is 0. The van der Waals surface area contributed by atoms with Crippen LogP contribution in [0.15, 0.2) is 41.2 Å². The van der Waals surface area contributed by atoms with Crippen LogP contribution in [0.25, 0.3) is 10.9 Å². The van der Waals surface area contributed by atoms with Crippen LogP contribution in [0.2, 0.25) is 0 Å². The van der Waals surface area contributed by atoms with E-state index < -0.39 is 6.61 Å². The van der Waals surface area contributed by atoms with Crippen molar-refractivity contribution in [3.63, 3.8) is 0 Å². The standard InChI is InChI=1S/C29H36N4O6/c1-4-15-39-27-25-22(16-21(5-2)33(29(25)38)17-23(35)19-9-7-6-8-10-19)31(3)26(27)28(37)30-20-11-13-32(14-12-20)24(36)18-34/h6-10,16,20,34H,4-5,11-15,17-18H2,1-3H3,(H,30,37). The number of Topliss-reactive ketones (excluding diaryl/α,β-unsaturated/α-hetero) is 1. The molecule has 3 aromatic rings. The molecule has 10 nitrogen and oxygen atoms in total. The summed E-state index contributed by atoms with van der Waals surface area (Å²) in [5, 5.41) is 12.4. The molecule has 2 aromatic heterocycles. The lowest BCUT2D eigenvalue weighted by Gasteiger charge is -2.32. The van der Waals surface area contributed by atoms with Crippen LogP contribution in [0.3, 0.4) is 0 Å². The third-order valence-corrected chi connectivity index (χ3v) is 7.25. The van der Waals surface area contributed by atoms with Crippen molar-refractivity contribution in [2.45, 2.75) is 52.1 Å². The second-order valence-electron chi connectivity index (χ2n) is 9.80. The maximum absolute atomic E-state index is 13.9. The monoisotopic (exact) mass is 536 g/mol. The van der Waals surface area contributed by atoms with Crippen molar-refractivity contribution in [1.82, 2.24) is 19.4 Å². The predicted molar refractivity (Wildman–Crippen MR) is 147 cm³/mol. The zero-order valence-corrected chi connectivity index (χ0v) is 22.7. The zero-order chi connectivity index (χ0) is 28.1. The molecule has 39 heavy (non-hydrogen) atoms. The van der Waals surface area contributed by atoms with Gasteiger partial charge in [0.2, 0.25) is 5.91 Å². The van der Waals surface area contributed by atoms with Crippen LogP contribution in [0.5, 0.6) is 5.75 Å². The number of carbonyl (C=O) groups excluding carboxylic acids is 3. The van der Waals surface area contributed by atoms with Crippen molar-refractivity contribution < 1.29 is 24.2 Å². The second-order valence-corrected chi connectivity index (χ2v) is 9.80. The molecule has 1 aliphatic rings. The molecular weight excluding hydrogens is 500 g/mol. The fraction of sp³-hybridized carbons (Fsp3) is 0.448. The molecule has 0 radical (unpaired) electrons. The molecule has 0 atom stereocenters. The molecule has 1 fully saturated rings. The highest BCUT2D eigenvalue weighted by Gasteiger charge is 2.30. The Bertz CT molecular complexity index is 1420. The summed E-state index contributed by atoms with van der Waals surface area (Å²) in [6.45, 7) is 4.42. The number of likely N-dealkylation sites (tertiary alicyclic amines) is 1. The third-order valence-electron chi connectivity index (χ3n) is 7.25. The van der Waals surface area contributed by atoms with Gasteiger partial charge in [-0.1, -0.05) is 44.2 Å². The number of nitrogens with zero attached hydrogens (tertiary/aromatic N) is 3. The third kappa shape index (κ3) is 5.75. The van der Waals surface area contributed by atoms with Crippen molar-refractivity contribution in [2.24, 2.45) is 7.05 Å². The highest BCUT2D eigenvalue weighted by atomic mass is 16.5. The SMILES string of the molecule is CCCOc1c(C(=O)NC2CCN(C(=O)CO)CC2)n(C)c2cc(CC)n(CC(=O)c3ccccc3)c(=O)c12. The Kier molecular flexibility index (Phi) is 8.86. The lowest BCUT2D eigenvalue weighted by Crippen LogP contribution is -2.47. The number of aliphatic hydroxyl groups is 1. The average Bonchev–Trinajstić information content (AvgIpc) is 3.24. The molecule has 4 rings (SSSR count). The van der Waals surface area contributed by atoms with Gasteiger partial charge in [-0.05, 0) is 31.7 Å². The van der Waals surface area contributed by atoms with Crippen LogP contribution < -0.4 is 15.6 Å². The van der Waals surface area contributed by atoms with Gasteiger partial charge < -0.3 is 29.2 Å². The van der Waals surface area contributed by atoms with E-state index in [2.05, 4.69) is 5.32 Å². The predicted octanol–water partition coefficient (Wildman–Crippen LogP) is 2.29. The number of fused-ring (bicyclic) bond motifs is 1. The summed E-state index contributed by atoms with van der Waals surface area (Å²) < 4.78 is 9.19. The molecular formula is C29H36N4O6. The molecule has 1 saturated heterocycles. The van der Waals surface area contributed by atoms with Crippen molar-refractivity contribution in [1.29, 1.82) is 0 Å². The number of piperidine rings is 1. The Hall–Kier alpha value is -3.92. The van der Waals surface area contributed by atoms with Gasteiger partial charge in [0.05, 0.1) is 18.7 Å². The quantitative estimate of drug-likeness (QED) is 0.384. The van der Waals surface area contributed by atoms with Crippen molar-refractivity contribution in [2.75, 3.05) is 26.3 Å². The zero-order valence-electron chi connectivity index (χ0n) is 22.7. The molecule has 0 bridgehead atoms. The number of aryl methyl sites for hydroxylation is 2. The normalized spacial score (nSPS) is 14.0. The van der Waals surface area contributed by atoms with E-state index in [1.807, 2.05) is 26.0 Å². The Morgan fingerprint density at radius 1 is 1.10 bits per heavy atom. The minimum Gasteiger partial charge on any atom is -0.490 e. The summed E-state index contributed by atoms with van der Waals surface area (Å²) in [6, 6.07) is 10.5. The number of ether oxygens (including phenoxy) is 1. The first kappa shape index (κ1) is 28.1. The lowest BCUT2D eigenvalue weighted by molar-refractivity contribution is -0.135. The van der Waals surface area contributed by atoms with E-state index in [1.165, 1.54) is 4.57 Å². The van der Waals surface area contributed by atoms with Crippen LogP contribution in [-0.2, 0) is 24.8 Å². The number of ketones is 1. The molecule has 1 aromatic carbocycles. The van der Waals surface area contributed by atoms with Gasteiger partial charge in [-0.3, -0.25) is 19.2 Å². The highest BCUT2D eigenvalue weighted by molar-refractivity contribution is 6.04. The van der Waals surface area contributed by atoms with Gasteiger partial charge in [-0.2, -0.15) is 0 Å². The molecule has 3 heterocycles. The second kappa shape index (κ2) is 12.3. The van der Waals surface area contributed by atoms with E-state index in [-0.39, 0.29) is 52.6 Å². The minimum absolute atomic E-state index is 0.114. The number of carbonyl (C=O) groups is 3. The molecule has 0 spiro atoms. The van der Waals surface area contributed by atoms with E-state index in [0.29, 0.717) is 62.2 Å². The first-order valence-electron chi connectivity index (χ1n) is 13.5. The molecule has 2 amide bonds. The molecule has 0 saturated carbocycles. The Balaban J connectivity index is 1.71. The summed E-state index contributed by atoms with van der Waals surface area (Å²) in [6.07, 6.45) is 2.32. The number of hydrogen-bond acceptors (Lipinski definition) is 6. The van der Waals surface area contributed by atoms with Gasteiger partial charge in [0.1, 0.15) is 12.0 Å². The first-order chi connectivity index (χ1) is 18.8. The number of benzene rings is 1. The Labute approximate surface area is 227 Å². The Morgan fingerprint density at radius 2 is 1.79 bits per heavy atom. The molecule has 0 unspecified atom stereocenters. The van der Waals surface area contributed by atoms with Crippen molar-refractivity contribution in [3.05, 3.63) is 63.7 Å². The maximum Gasteiger partial charge on any atom is 0.272 e. The fourth-order valence-electron chi connectivity index (χ4n) is 5.10. The number of amides is 2. The van der Waals surface area contributed by atoms with E-state index in [9.17, 15) is 19.2 Å². The number of rotatable bonds is 10. The van der Waals surface area contributed by atoms with Crippen LogP contribution >= 0.6 is 0 Å². The molecule has 1 aliphatic heterocycles. The van der Waals surface area contributed by atoms with E-state index in [4.69, 9.17) is 9.84 Å². The van der Waals surface area contributed by atoms with Gasteiger partial charge >= 0.3 is 0 Å². The summed E-state index contributed by atoms with van der Waals surface area (Å²) in [5.74, 6) is -0.649. The summed E-state index contributed by atoms with van der Waals surface area (Å²) in [7, 11) is 1.73. The number of aliphatic hydroxyl groups excluding tert-OH is 1. The first-order valence-corrected chi connectivity index (χ1v) is 13.5. The highest BCUT2D eigenvalue weighted by Crippen LogP contribution is 2.32. The number of hydrogen-bond donors (Lipinski definition) is 2. The van der Waals surface area contributed by atoms with E-state index in [1.54, 1.807) is 40.8 Å². The van der Waals surface area contributed by atoms with Gasteiger partial charge in [-0.25, -0.2) is 0 Å². The van der Waals surface area contributed by atoms with Crippen LogP contribution in [0, 0.1) is 0 Å². The lowest BCUT2D eigenvalue weighted by atomic mass is 10.0. The average molecular weight is 537 g/mol. The molecule has 208 valence electrons. The number of nitrogens with one attached hydrogen (secondary N) is 1. The largest absolute Gasteiger partial charge is 0.490 e. The smallest absolute Gasteiger partial charge is 0.272 e. The van der Waals surface area contributed by atoms with Gasteiger partial charge in [0, 0.05) is 37.4 Å². The van der Waals surface area contributed by atoms with Crippen LogP contribution in [0.1, 0.15) is 59.7 Å². The topological polar surface area (TPSA) is 123 Å². The molecule has 0 aliphatic carbocycles. The van der Waals surface area contributed by atoms with Crippen molar-refractivity contribution >= 4 is 28.5 Å². The van der Waals surface area contributed by atoms with Gasteiger partial charge in [0.15, 0.2) is 17.2 Å². The van der Waals surface area contributed by atoms with Crippen LogP contribution in [0.4, 0.5) is 0 Å². The van der Waals surface area contributed by atoms with E-state index in [0.717, 1.165) is 0 Å². The summed E-state index contributed by atoms with van der Waals surface area (Å²) in [4.78, 5) is 53.9. The minimum atomic E-state index is -0.528. The molecule has 10 heteroatoms. The summed E-state index contributed by atoms with van der Waals surface area (Å²) in [5.41, 5.74) is 1.66. The fourth-order valence-corrected chi connectivity index (χ4v) is 5.10. The number of pyridine rings is 1. The van der Waals surface area contributed by atoms with Gasteiger partial charge in [0.25, 0.3) is 11.5 Å².